The van der Waals surface area contributed by atoms with Gasteiger partial charge in [-0.2, -0.15) is 17.5 Å². The summed E-state index contributed by atoms with van der Waals surface area (Å²) in [7, 11) is -4.10. The van der Waals surface area contributed by atoms with E-state index in [0.29, 0.717) is 5.56 Å². The molecule has 2 rings (SSSR count). The van der Waals surface area contributed by atoms with Crippen LogP contribution in [0.25, 0.3) is 0 Å². The maximum atomic E-state index is 13.3. The number of alkyl halides is 3. The maximum Gasteiger partial charge on any atom is 0.417 e. The van der Waals surface area contributed by atoms with Gasteiger partial charge in [0.2, 0.25) is 10.0 Å². The zero-order chi connectivity index (χ0) is 16.8. The molecule has 1 fully saturated rings. The Hall–Kier alpha value is -1.19. The van der Waals surface area contributed by atoms with Crippen molar-refractivity contribution in [2.24, 2.45) is 0 Å². The monoisotopic (exact) mass is 341 g/mol. The molecule has 0 saturated carbocycles. The van der Waals surface area contributed by atoms with Gasteiger partial charge >= 0.3 is 6.18 Å². The number of hydrogen-bond acceptors (Lipinski definition) is 3. The number of piperidine rings is 1. The molecule has 0 aromatic heterocycles. The topological polar surface area (TPSA) is 57.6 Å². The van der Waals surface area contributed by atoms with Crippen molar-refractivity contribution in [1.29, 1.82) is 0 Å². The molecule has 1 N–H and O–H groups in total. The van der Waals surface area contributed by atoms with E-state index in [0.717, 1.165) is 16.4 Å². The zero-order valence-electron chi connectivity index (χ0n) is 11.7. The molecule has 0 spiro atoms. The van der Waals surface area contributed by atoms with Gasteiger partial charge in [-0.3, -0.25) is 0 Å². The van der Waals surface area contributed by atoms with Crippen LogP contribution >= 0.6 is 0 Å². The summed E-state index contributed by atoms with van der Waals surface area (Å²) < 4.78 is 77.1. The van der Waals surface area contributed by atoms with Crippen LogP contribution in [0.1, 0.15) is 18.4 Å². The molecule has 1 aliphatic rings. The van der Waals surface area contributed by atoms with Crippen molar-refractivity contribution in [1.82, 2.24) is 4.31 Å². The van der Waals surface area contributed by atoms with Gasteiger partial charge in [-0.05, 0) is 37.5 Å². The Morgan fingerprint density at radius 1 is 1.23 bits per heavy atom. The lowest BCUT2D eigenvalue weighted by Gasteiger charge is -2.38. The van der Waals surface area contributed by atoms with Gasteiger partial charge in [0.15, 0.2) is 5.60 Å². The molecule has 0 unspecified atom stereocenters. The van der Waals surface area contributed by atoms with Crippen molar-refractivity contribution < 1.29 is 31.1 Å². The number of nitrogens with zero attached hydrogens (tertiary/aromatic N) is 1. The molecule has 1 aromatic carbocycles. The lowest BCUT2D eigenvalue weighted by atomic mass is 9.92. The van der Waals surface area contributed by atoms with E-state index >= 15 is 0 Å². The fourth-order valence-corrected chi connectivity index (χ4v) is 4.05. The molecule has 22 heavy (non-hydrogen) atoms. The summed E-state index contributed by atoms with van der Waals surface area (Å²) in [5.41, 5.74) is -2.58. The molecule has 124 valence electrons. The predicted molar refractivity (Wildman–Crippen MR) is 70.1 cm³/mol. The number of benzene rings is 1. The van der Waals surface area contributed by atoms with E-state index < -0.39 is 53.5 Å². The highest BCUT2D eigenvalue weighted by atomic mass is 32.2. The van der Waals surface area contributed by atoms with Crippen LogP contribution in [0.15, 0.2) is 23.1 Å². The van der Waals surface area contributed by atoms with Crippen LogP contribution in [0.3, 0.4) is 0 Å². The molecule has 4 nitrogen and oxygen atoms in total. The fourth-order valence-electron chi connectivity index (χ4n) is 2.37. The van der Waals surface area contributed by atoms with Gasteiger partial charge in [0, 0.05) is 13.1 Å². The minimum Gasteiger partial charge on any atom is -0.380 e. The Kier molecular flexibility index (Phi) is 4.27. The number of hydrogen-bond donors (Lipinski definition) is 1. The van der Waals surface area contributed by atoms with E-state index in [-0.39, 0.29) is 4.90 Å². The van der Waals surface area contributed by atoms with Crippen molar-refractivity contribution in [2.75, 3.05) is 13.1 Å². The van der Waals surface area contributed by atoms with E-state index in [9.17, 15) is 31.1 Å². The first-order valence-electron chi connectivity index (χ1n) is 6.53. The minimum absolute atomic E-state index is 0.273. The van der Waals surface area contributed by atoms with Gasteiger partial charge in [-0.15, -0.1) is 0 Å². The molecular formula is C13H15F4NO3S. The number of rotatable bonds is 2. The molecule has 1 saturated heterocycles. The normalized spacial score (nSPS) is 20.1. The van der Waals surface area contributed by atoms with Gasteiger partial charge in [0.05, 0.1) is 4.90 Å². The van der Waals surface area contributed by atoms with E-state index in [1.165, 1.54) is 13.0 Å². The molecule has 0 radical (unpaired) electrons. The highest BCUT2D eigenvalue weighted by molar-refractivity contribution is 7.89. The summed E-state index contributed by atoms with van der Waals surface area (Å²) in [6, 6.07) is 3.24. The second-order valence-electron chi connectivity index (χ2n) is 5.34. The van der Waals surface area contributed by atoms with Crippen molar-refractivity contribution in [3.05, 3.63) is 29.6 Å². The first-order chi connectivity index (χ1) is 9.97. The molecule has 1 aromatic rings. The standard InChI is InChI=1S/C13H15F4NO3S/c1-9-2-3-10(14)8-11(9)22(20,21)18-6-4-12(19,5-7-18)13(15,16)17/h2-3,8,19H,4-7H2,1H3. The quantitative estimate of drug-likeness (QED) is 0.839. The van der Waals surface area contributed by atoms with Crippen molar-refractivity contribution in [3.8, 4) is 0 Å². The van der Waals surface area contributed by atoms with Gasteiger partial charge < -0.3 is 5.11 Å². The smallest absolute Gasteiger partial charge is 0.380 e. The Morgan fingerprint density at radius 2 is 1.77 bits per heavy atom. The zero-order valence-corrected chi connectivity index (χ0v) is 12.5. The molecule has 0 aliphatic carbocycles. The van der Waals surface area contributed by atoms with Crippen LogP contribution in [0.4, 0.5) is 17.6 Å². The third-order valence-electron chi connectivity index (χ3n) is 3.85. The number of aryl methyl sites for hydroxylation is 1. The number of sulfonamides is 1. The summed E-state index contributed by atoms with van der Waals surface area (Å²) in [6.45, 7) is 0.519. The third-order valence-corrected chi connectivity index (χ3v) is 5.89. The summed E-state index contributed by atoms with van der Waals surface area (Å²) in [6.07, 6.45) is -6.30. The van der Waals surface area contributed by atoms with Gasteiger partial charge in [-0.1, -0.05) is 6.07 Å². The first-order valence-corrected chi connectivity index (χ1v) is 7.97. The summed E-state index contributed by atoms with van der Waals surface area (Å²) in [4.78, 5) is -0.273. The summed E-state index contributed by atoms with van der Waals surface area (Å²) in [5.74, 6) is -0.743. The molecule has 0 amide bonds. The van der Waals surface area contributed by atoms with Crippen LogP contribution in [0.2, 0.25) is 0 Å². The van der Waals surface area contributed by atoms with Crippen molar-refractivity contribution in [2.45, 2.75) is 36.4 Å². The van der Waals surface area contributed by atoms with Crippen molar-refractivity contribution in [3.63, 3.8) is 0 Å². The number of halogens is 4. The second kappa shape index (κ2) is 5.47. The highest BCUT2D eigenvalue weighted by Gasteiger charge is 2.55. The third kappa shape index (κ3) is 2.97. The van der Waals surface area contributed by atoms with Crippen LogP contribution in [-0.2, 0) is 10.0 Å². The van der Waals surface area contributed by atoms with Gasteiger partial charge in [0.1, 0.15) is 5.82 Å². The Balaban J connectivity index is 2.25. The maximum absolute atomic E-state index is 13.3. The Morgan fingerprint density at radius 3 is 2.27 bits per heavy atom. The average Bonchev–Trinajstić information content (AvgIpc) is 2.40. The summed E-state index contributed by atoms with van der Waals surface area (Å²) >= 11 is 0. The molecule has 1 heterocycles. The van der Waals surface area contributed by atoms with E-state index in [1.807, 2.05) is 0 Å². The lowest BCUT2D eigenvalue weighted by molar-refractivity contribution is -0.270. The summed E-state index contributed by atoms with van der Waals surface area (Å²) in [5, 5.41) is 9.55. The van der Waals surface area contributed by atoms with E-state index in [4.69, 9.17) is 0 Å². The average molecular weight is 341 g/mol. The van der Waals surface area contributed by atoms with E-state index in [2.05, 4.69) is 0 Å². The van der Waals surface area contributed by atoms with Gasteiger partial charge in [-0.25, -0.2) is 12.8 Å². The lowest BCUT2D eigenvalue weighted by Crippen LogP contribution is -2.54. The Labute approximate surface area is 125 Å². The first kappa shape index (κ1) is 17.2. The van der Waals surface area contributed by atoms with Crippen LogP contribution in [-0.4, -0.2) is 42.7 Å². The largest absolute Gasteiger partial charge is 0.417 e. The fraction of sp³-hybridized carbons (Fsp3) is 0.538. The predicted octanol–water partition coefficient (Wildman–Crippen LogP) is 2.21. The highest BCUT2D eigenvalue weighted by Crippen LogP contribution is 2.39. The van der Waals surface area contributed by atoms with Gasteiger partial charge in [0.25, 0.3) is 0 Å². The minimum atomic E-state index is -4.81. The molecule has 9 heteroatoms. The molecule has 0 atom stereocenters. The van der Waals surface area contributed by atoms with E-state index in [1.54, 1.807) is 0 Å². The molecule has 0 bridgehead atoms. The van der Waals surface area contributed by atoms with Crippen molar-refractivity contribution >= 4 is 10.0 Å². The Bertz CT molecular complexity index is 664. The second-order valence-corrected chi connectivity index (χ2v) is 7.25. The van der Waals surface area contributed by atoms with Crippen LogP contribution < -0.4 is 0 Å². The number of aliphatic hydroxyl groups is 1. The van der Waals surface area contributed by atoms with Crippen LogP contribution in [0.5, 0.6) is 0 Å². The SMILES string of the molecule is Cc1ccc(F)cc1S(=O)(=O)N1CCC(O)(C(F)(F)F)CC1. The van der Waals surface area contributed by atoms with Crippen LogP contribution in [0, 0.1) is 12.7 Å². The molecular weight excluding hydrogens is 326 g/mol. The molecule has 1 aliphatic heterocycles.